The second kappa shape index (κ2) is 8.99. The Morgan fingerprint density at radius 2 is 1.86 bits per heavy atom. The van der Waals surface area contributed by atoms with Crippen molar-refractivity contribution < 1.29 is 22.5 Å². The molecule has 156 valence electrons. The third kappa shape index (κ3) is 5.50. The molecule has 2 aromatic rings. The molecule has 0 bridgehead atoms. The molecule has 0 saturated carbocycles. The number of carbonyl (C=O) groups excluding carboxylic acids is 1. The summed E-state index contributed by atoms with van der Waals surface area (Å²) in [6, 6.07) is 9.07. The van der Waals surface area contributed by atoms with Crippen molar-refractivity contribution in [3.8, 4) is 0 Å². The molecule has 29 heavy (non-hydrogen) atoms. The molecule has 2 aromatic carbocycles. The molecule has 2 rings (SSSR count). The van der Waals surface area contributed by atoms with Crippen LogP contribution >= 0.6 is 0 Å². The second-order valence-electron chi connectivity index (χ2n) is 6.54. The molecule has 0 aliphatic carbocycles. The van der Waals surface area contributed by atoms with Crippen LogP contribution in [-0.2, 0) is 14.8 Å². The number of hydrogen-bond acceptors (Lipinski definition) is 5. The molecule has 0 radical (unpaired) electrons. The first-order valence-electron chi connectivity index (χ1n) is 8.84. The van der Waals surface area contributed by atoms with Crippen molar-refractivity contribution in [2.75, 3.05) is 10.6 Å². The van der Waals surface area contributed by atoms with E-state index in [0.29, 0.717) is 5.56 Å². The Morgan fingerprint density at radius 1 is 1.24 bits per heavy atom. The van der Waals surface area contributed by atoms with E-state index in [-0.39, 0.29) is 17.8 Å². The zero-order valence-corrected chi connectivity index (χ0v) is 17.0. The molecule has 0 saturated heterocycles. The molecular formula is C19H22FN3O5S. The third-order valence-corrected chi connectivity index (χ3v) is 5.53. The molecule has 1 amide bonds. The van der Waals surface area contributed by atoms with Crippen LogP contribution in [0, 0.1) is 15.9 Å². The van der Waals surface area contributed by atoms with Gasteiger partial charge in [0.25, 0.3) is 5.69 Å². The van der Waals surface area contributed by atoms with Crippen molar-refractivity contribution in [3.63, 3.8) is 0 Å². The van der Waals surface area contributed by atoms with Crippen molar-refractivity contribution in [1.82, 2.24) is 5.32 Å². The van der Waals surface area contributed by atoms with E-state index in [1.165, 1.54) is 42.5 Å². The maximum Gasteiger partial charge on any atom is 0.271 e. The normalized spacial score (nSPS) is 13.4. The number of amides is 1. The quantitative estimate of drug-likeness (QED) is 0.518. The topological polar surface area (TPSA) is 110 Å². The number of carbonyl (C=O) groups is 1. The Morgan fingerprint density at radius 3 is 2.38 bits per heavy atom. The maximum absolute atomic E-state index is 13.1. The first-order valence-corrected chi connectivity index (χ1v) is 10.7. The first kappa shape index (κ1) is 22.3. The Bertz CT molecular complexity index is 995. The minimum Gasteiger partial charge on any atom is -0.348 e. The zero-order valence-electron chi connectivity index (χ0n) is 16.2. The molecule has 0 heterocycles. The number of nitrogens with zero attached hydrogens (tertiary/aromatic N) is 2. The van der Waals surface area contributed by atoms with Gasteiger partial charge in [-0.05, 0) is 37.1 Å². The SMILES string of the molecule is CC[C@H](C(=O)N[C@@H](C)c1ccc(F)cc1)N(c1cccc([N+](=O)[O-])c1)S(C)(=O)=O. The third-order valence-electron chi connectivity index (χ3n) is 4.35. The lowest BCUT2D eigenvalue weighted by molar-refractivity contribution is -0.384. The van der Waals surface area contributed by atoms with Crippen LogP contribution in [0.4, 0.5) is 15.8 Å². The summed E-state index contributed by atoms with van der Waals surface area (Å²) >= 11 is 0. The summed E-state index contributed by atoms with van der Waals surface area (Å²) in [5.41, 5.74) is 0.389. The van der Waals surface area contributed by atoms with E-state index in [1.54, 1.807) is 13.8 Å². The van der Waals surface area contributed by atoms with Gasteiger partial charge in [-0.3, -0.25) is 19.2 Å². The van der Waals surface area contributed by atoms with Crippen molar-refractivity contribution >= 4 is 27.3 Å². The Kier molecular flexibility index (Phi) is 6.91. The average molecular weight is 423 g/mol. The van der Waals surface area contributed by atoms with Crippen LogP contribution in [0.5, 0.6) is 0 Å². The van der Waals surface area contributed by atoms with E-state index in [2.05, 4.69) is 5.32 Å². The molecule has 0 aromatic heterocycles. The van der Waals surface area contributed by atoms with Crippen molar-refractivity contribution in [2.45, 2.75) is 32.4 Å². The predicted molar refractivity (Wildman–Crippen MR) is 107 cm³/mol. The fourth-order valence-corrected chi connectivity index (χ4v) is 4.15. The molecule has 8 nitrogen and oxygen atoms in total. The number of anilines is 1. The molecule has 0 aliphatic rings. The molecule has 2 atom stereocenters. The van der Waals surface area contributed by atoms with E-state index < -0.39 is 38.8 Å². The minimum atomic E-state index is -3.92. The largest absolute Gasteiger partial charge is 0.348 e. The van der Waals surface area contributed by atoms with E-state index in [9.17, 15) is 27.7 Å². The number of halogens is 1. The van der Waals surface area contributed by atoms with Gasteiger partial charge in [0.1, 0.15) is 11.9 Å². The highest BCUT2D eigenvalue weighted by molar-refractivity contribution is 7.92. The van der Waals surface area contributed by atoms with Crippen molar-refractivity contribution in [3.05, 3.63) is 70.0 Å². The van der Waals surface area contributed by atoms with E-state index in [4.69, 9.17) is 0 Å². The summed E-state index contributed by atoms with van der Waals surface area (Å²) in [7, 11) is -3.92. The molecule has 10 heteroatoms. The van der Waals surface area contributed by atoms with Gasteiger partial charge in [0, 0.05) is 12.1 Å². The number of nitro benzene ring substituents is 1. The van der Waals surface area contributed by atoms with Gasteiger partial charge in [0.2, 0.25) is 15.9 Å². The molecule has 0 spiro atoms. The van der Waals surface area contributed by atoms with Gasteiger partial charge in [-0.15, -0.1) is 0 Å². The summed E-state index contributed by atoms with van der Waals surface area (Å²) in [5, 5.41) is 13.8. The molecule has 0 unspecified atom stereocenters. The van der Waals surface area contributed by atoms with Gasteiger partial charge in [-0.25, -0.2) is 12.8 Å². The first-order chi connectivity index (χ1) is 13.5. The van der Waals surface area contributed by atoms with Crippen LogP contribution in [0.25, 0.3) is 0 Å². The molecule has 0 fully saturated rings. The van der Waals surface area contributed by atoms with Crippen molar-refractivity contribution in [2.24, 2.45) is 0 Å². The van der Waals surface area contributed by atoms with Crippen LogP contribution in [0.15, 0.2) is 48.5 Å². The van der Waals surface area contributed by atoms with Gasteiger partial charge in [-0.2, -0.15) is 0 Å². The van der Waals surface area contributed by atoms with Crippen LogP contribution in [0.1, 0.15) is 31.9 Å². The highest BCUT2D eigenvalue weighted by atomic mass is 32.2. The Hall–Kier alpha value is -3.01. The van der Waals surface area contributed by atoms with Crippen LogP contribution in [0.2, 0.25) is 0 Å². The summed E-state index contributed by atoms with van der Waals surface area (Å²) in [6.45, 7) is 3.33. The van der Waals surface area contributed by atoms with Crippen LogP contribution < -0.4 is 9.62 Å². The molecule has 1 N–H and O–H groups in total. The fraction of sp³-hybridized carbons (Fsp3) is 0.316. The standard InChI is InChI=1S/C19H22FN3O5S/c1-4-18(19(24)21-13(2)14-8-10-15(20)11-9-14)22(29(3,27)28)16-6-5-7-17(12-16)23(25)26/h5-13,18H,4H2,1-3H3,(H,21,24)/t13-,18+/m0/s1. The second-order valence-corrected chi connectivity index (χ2v) is 8.40. The number of nitrogens with one attached hydrogen (secondary N) is 1. The lowest BCUT2D eigenvalue weighted by Crippen LogP contribution is -2.49. The van der Waals surface area contributed by atoms with Gasteiger partial charge >= 0.3 is 0 Å². The number of benzene rings is 2. The molecule has 0 aliphatic heterocycles. The smallest absolute Gasteiger partial charge is 0.271 e. The number of nitro groups is 1. The number of rotatable bonds is 8. The number of sulfonamides is 1. The summed E-state index contributed by atoms with van der Waals surface area (Å²) in [6.07, 6.45) is 1.07. The number of hydrogen-bond donors (Lipinski definition) is 1. The summed E-state index contributed by atoms with van der Waals surface area (Å²) < 4.78 is 38.9. The Balaban J connectivity index is 2.35. The monoisotopic (exact) mass is 423 g/mol. The van der Waals surface area contributed by atoms with Crippen LogP contribution in [0.3, 0.4) is 0 Å². The van der Waals surface area contributed by atoms with Gasteiger partial charge in [0.15, 0.2) is 0 Å². The highest BCUT2D eigenvalue weighted by Gasteiger charge is 2.32. The average Bonchev–Trinajstić information content (AvgIpc) is 2.65. The highest BCUT2D eigenvalue weighted by Crippen LogP contribution is 2.27. The van der Waals surface area contributed by atoms with E-state index in [0.717, 1.165) is 16.6 Å². The Labute approximate surface area is 168 Å². The number of non-ortho nitro benzene ring substituents is 1. The van der Waals surface area contributed by atoms with Crippen molar-refractivity contribution in [1.29, 1.82) is 0 Å². The van der Waals surface area contributed by atoms with Crippen LogP contribution in [-0.4, -0.2) is 31.5 Å². The lowest BCUT2D eigenvalue weighted by Gasteiger charge is -2.31. The van der Waals surface area contributed by atoms with Gasteiger partial charge < -0.3 is 5.32 Å². The van der Waals surface area contributed by atoms with E-state index in [1.807, 2.05) is 0 Å². The summed E-state index contributed by atoms with van der Waals surface area (Å²) in [4.78, 5) is 23.3. The molecular weight excluding hydrogens is 401 g/mol. The fourth-order valence-electron chi connectivity index (χ4n) is 2.95. The van der Waals surface area contributed by atoms with Gasteiger partial charge in [0.05, 0.1) is 22.9 Å². The van der Waals surface area contributed by atoms with Gasteiger partial charge in [-0.1, -0.05) is 25.1 Å². The maximum atomic E-state index is 13.1. The minimum absolute atomic E-state index is 0.0261. The zero-order chi connectivity index (χ0) is 21.8. The predicted octanol–water partition coefficient (Wildman–Crippen LogP) is 3.16. The lowest BCUT2D eigenvalue weighted by atomic mass is 10.1. The van der Waals surface area contributed by atoms with E-state index >= 15 is 0 Å². The summed E-state index contributed by atoms with van der Waals surface area (Å²) in [5.74, 6) is -0.978.